The number of aryl methyl sites for hydroxylation is 1. The molecule has 0 saturated carbocycles. The van der Waals surface area contributed by atoms with Crippen molar-refractivity contribution in [3.63, 3.8) is 0 Å². The predicted octanol–water partition coefficient (Wildman–Crippen LogP) is 7.27. The Hall–Kier alpha value is -4.76. The Bertz CT molecular complexity index is 1990. The fourth-order valence-corrected chi connectivity index (χ4v) is 5.95. The van der Waals surface area contributed by atoms with Crippen molar-refractivity contribution in [2.24, 2.45) is 0 Å². The van der Waals surface area contributed by atoms with Crippen molar-refractivity contribution in [3.05, 3.63) is 105 Å². The van der Waals surface area contributed by atoms with E-state index in [-0.39, 0.29) is 5.56 Å². The monoisotopic (exact) mass is 619 g/mol. The second-order valence-corrected chi connectivity index (χ2v) is 12.0. The molecule has 0 saturated heterocycles. The lowest BCUT2D eigenvalue weighted by Crippen LogP contribution is -2.23. The maximum atomic E-state index is 13.5. The molecule has 230 valence electrons. The van der Waals surface area contributed by atoms with Crippen LogP contribution in [0.4, 0.5) is 0 Å². The van der Waals surface area contributed by atoms with E-state index in [0.717, 1.165) is 77.2 Å². The van der Waals surface area contributed by atoms with Crippen LogP contribution < -0.4 is 19.6 Å². The zero-order valence-electron chi connectivity index (χ0n) is 25.9. The smallest absolute Gasteiger partial charge is 0.291 e. The van der Waals surface area contributed by atoms with Gasteiger partial charge in [-0.05, 0) is 86.0 Å². The Morgan fingerprint density at radius 1 is 0.844 bits per heavy atom. The first-order valence-electron chi connectivity index (χ1n) is 15.6. The molecule has 0 atom stereocenters. The van der Waals surface area contributed by atoms with E-state index in [1.165, 1.54) is 15.9 Å². The molecule has 3 aromatic carbocycles. The van der Waals surface area contributed by atoms with Gasteiger partial charge in [0, 0.05) is 22.9 Å². The van der Waals surface area contributed by atoms with Gasteiger partial charge in [0.1, 0.15) is 17.2 Å². The quantitative estimate of drug-likeness (QED) is 0.126. The molecule has 9 heteroatoms. The molecule has 6 aromatic rings. The van der Waals surface area contributed by atoms with Gasteiger partial charge in [0.15, 0.2) is 5.82 Å². The van der Waals surface area contributed by atoms with Crippen molar-refractivity contribution in [1.29, 1.82) is 0 Å². The van der Waals surface area contributed by atoms with Crippen molar-refractivity contribution < 1.29 is 9.47 Å². The first kappa shape index (κ1) is 30.3. The lowest BCUT2D eigenvalue weighted by atomic mass is 10.0. The molecule has 0 unspecified atom stereocenters. The van der Waals surface area contributed by atoms with Gasteiger partial charge in [-0.1, -0.05) is 62.6 Å². The summed E-state index contributed by atoms with van der Waals surface area (Å²) in [4.78, 5) is 18.8. The highest BCUT2D eigenvalue weighted by Gasteiger charge is 2.16. The SMILES string of the molecule is CCCCCOc1ccc(-c2nc3sc(=Cc4cn(-c5ccccc5)nc4-c4ccc(OCCCC)c(C)c4)c(=O)n3n2)cc1. The number of ether oxygens (including phenoxy) is 2. The van der Waals surface area contributed by atoms with Gasteiger partial charge in [-0.3, -0.25) is 4.79 Å². The number of thiazole rings is 1. The standard InChI is InChI=1S/C36H37N5O3S/c1-4-6-11-21-43-30-17-14-26(15-18-30)34-37-36-41(39-34)35(42)32(45-36)23-28-24-40(29-12-9-8-10-13-29)38-33(28)27-16-19-31(25(3)22-27)44-20-7-5-2/h8-10,12-19,22-24H,4-7,11,20-21H2,1-3H3. The number of para-hydroxylation sites is 1. The van der Waals surface area contributed by atoms with Gasteiger partial charge in [0.2, 0.25) is 4.96 Å². The zero-order valence-corrected chi connectivity index (χ0v) is 26.7. The number of benzene rings is 3. The molecule has 8 nitrogen and oxygen atoms in total. The summed E-state index contributed by atoms with van der Waals surface area (Å²) in [5.74, 6) is 2.20. The number of fused-ring (bicyclic) bond motifs is 1. The molecule has 0 bridgehead atoms. The molecule has 0 spiro atoms. The number of rotatable bonds is 13. The molecule has 0 amide bonds. The predicted molar refractivity (Wildman–Crippen MR) is 181 cm³/mol. The topological polar surface area (TPSA) is 83.5 Å². The van der Waals surface area contributed by atoms with Crippen LogP contribution in [0.3, 0.4) is 0 Å². The first-order chi connectivity index (χ1) is 22.0. The summed E-state index contributed by atoms with van der Waals surface area (Å²) < 4.78 is 15.6. The van der Waals surface area contributed by atoms with E-state index >= 15 is 0 Å². The molecule has 0 radical (unpaired) electrons. The molecular weight excluding hydrogens is 582 g/mol. The van der Waals surface area contributed by atoms with Crippen LogP contribution in [-0.2, 0) is 0 Å². The van der Waals surface area contributed by atoms with E-state index in [2.05, 4.69) is 30.0 Å². The highest BCUT2D eigenvalue weighted by atomic mass is 32.1. The maximum Gasteiger partial charge on any atom is 0.291 e. The van der Waals surface area contributed by atoms with Crippen LogP contribution in [0.25, 0.3) is 39.4 Å². The second-order valence-electron chi connectivity index (χ2n) is 11.0. The van der Waals surface area contributed by atoms with Gasteiger partial charge >= 0.3 is 0 Å². The van der Waals surface area contributed by atoms with E-state index in [1.54, 1.807) is 0 Å². The number of aromatic nitrogens is 5. The van der Waals surface area contributed by atoms with Crippen LogP contribution in [0.2, 0.25) is 0 Å². The van der Waals surface area contributed by atoms with E-state index in [1.807, 2.05) is 90.6 Å². The molecule has 0 aliphatic heterocycles. The van der Waals surface area contributed by atoms with Crippen molar-refractivity contribution in [3.8, 4) is 39.8 Å². The third-order valence-electron chi connectivity index (χ3n) is 7.56. The zero-order chi connectivity index (χ0) is 31.2. The largest absolute Gasteiger partial charge is 0.494 e. The fraction of sp³-hybridized carbons (Fsp3) is 0.278. The van der Waals surface area contributed by atoms with Gasteiger partial charge < -0.3 is 9.47 Å². The Labute approximate surface area is 266 Å². The molecule has 0 N–H and O–H groups in total. The molecule has 3 heterocycles. The van der Waals surface area contributed by atoms with Gasteiger partial charge in [-0.2, -0.15) is 14.6 Å². The highest BCUT2D eigenvalue weighted by Crippen LogP contribution is 2.29. The summed E-state index contributed by atoms with van der Waals surface area (Å²) in [5.41, 5.74) is 5.15. The third-order valence-corrected chi connectivity index (χ3v) is 8.52. The average Bonchev–Trinajstić information content (AvgIpc) is 3.76. The number of unbranched alkanes of at least 4 members (excludes halogenated alkanes) is 3. The first-order valence-corrected chi connectivity index (χ1v) is 16.4. The fourth-order valence-electron chi connectivity index (χ4n) is 5.05. The van der Waals surface area contributed by atoms with Gasteiger partial charge in [-0.15, -0.1) is 5.10 Å². The molecule has 0 aliphatic carbocycles. The molecule has 45 heavy (non-hydrogen) atoms. The van der Waals surface area contributed by atoms with Crippen molar-refractivity contribution in [1.82, 2.24) is 24.4 Å². The average molecular weight is 620 g/mol. The van der Waals surface area contributed by atoms with Crippen LogP contribution in [0.5, 0.6) is 11.5 Å². The minimum Gasteiger partial charge on any atom is -0.494 e. The summed E-state index contributed by atoms with van der Waals surface area (Å²) in [6.07, 6.45) is 9.30. The molecule has 6 rings (SSSR count). The normalized spacial score (nSPS) is 11.8. The minimum absolute atomic E-state index is 0.209. The van der Waals surface area contributed by atoms with Crippen LogP contribution >= 0.6 is 11.3 Å². The molecular formula is C36H37N5O3S. The lowest BCUT2D eigenvalue weighted by Gasteiger charge is -2.10. The summed E-state index contributed by atoms with van der Waals surface area (Å²) >= 11 is 1.32. The van der Waals surface area contributed by atoms with Crippen LogP contribution in [-0.4, -0.2) is 37.6 Å². The van der Waals surface area contributed by atoms with Crippen LogP contribution in [0.1, 0.15) is 57.1 Å². The summed E-state index contributed by atoms with van der Waals surface area (Å²) in [7, 11) is 0. The van der Waals surface area contributed by atoms with E-state index < -0.39 is 0 Å². The van der Waals surface area contributed by atoms with Crippen LogP contribution in [0, 0.1) is 6.92 Å². The van der Waals surface area contributed by atoms with Crippen molar-refractivity contribution in [2.75, 3.05) is 13.2 Å². The number of nitrogens with zero attached hydrogens (tertiary/aromatic N) is 5. The second kappa shape index (κ2) is 13.9. The van der Waals surface area contributed by atoms with Crippen molar-refractivity contribution in [2.45, 2.75) is 52.9 Å². The summed E-state index contributed by atoms with van der Waals surface area (Å²) in [6.45, 7) is 7.77. The minimum atomic E-state index is -0.209. The summed E-state index contributed by atoms with van der Waals surface area (Å²) in [6, 6.07) is 23.8. The number of hydrogen-bond donors (Lipinski definition) is 0. The maximum absolute atomic E-state index is 13.5. The lowest BCUT2D eigenvalue weighted by molar-refractivity contribution is 0.306. The Morgan fingerprint density at radius 2 is 1.60 bits per heavy atom. The van der Waals surface area contributed by atoms with E-state index in [4.69, 9.17) is 14.6 Å². The van der Waals surface area contributed by atoms with Crippen LogP contribution in [0.15, 0.2) is 83.8 Å². The Morgan fingerprint density at radius 3 is 2.33 bits per heavy atom. The van der Waals surface area contributed by atoms with Gasteiger partial charge in [0.25, 0.3) is 5.56 Å². The van der Waals surface area contributed by atoms with E-state index in [0.29, 0.717) is 28.5 Å². The Kier molecular flexibility index (Phi) is 9.35. The van der Waals surface area contributed by atoms with Gasteiger partial charge in [0.05, 0.1) is 23.4 Å². The third kappa shape index (κ3) is 6.83. The molecule has 0 aliphatic rings. The van der Waals surface area contributed by atoms with E-state index in [9.17, 15) is 4.79 Å². The van der Waals surface area contributed by atoms with Crippen molar-refractivity contribution >= 4 is 22.4 Å². The number of hydrogen-bond acceptors (Lipinski definition) is 7. The van der Waals surface area contributed by atoms with Gasteiger partial charge in [-0.25, -0.2) is 4.68 Å². The summed E-state index contributed by atoms with van der Waals surface area (Å²) in [5, 5.41) is 9.51. The highest BCUT2D eigenvalue weighted by molar-refractivity contribution is 7.15. The Balaban J connectivity index is 1.32. The molecule has 3 aromatic heterocycles. The molecule has 0 fully saturated rings.